The molecule has 0 saturated carbocycles. The van der Waals surface area contributed by atoms with E-state index in [-0.39, 0.29) is 50.0 Å². The molecule has 3 aromatic heterocycles. The van der Waals surface area contributed by atoms with Crippen molar-refractivity contribution in [1.29, 1.82) is 0 Å². The molecular weight excluding hydrogens is 829 g/mol. The lowest BCUT2D eigenvalue weighted by molar-refractivity contribution is -0.155. The minimum Gasteiger partial charge on any atom is -0.464 e. The molecule has 17 nitrogen and oxygen atoms in total. The van der Waals surface area contributed by atoms with Crippen molar-refractivity contribution in [3.8, 4) is 22.6 Å². The number of hydrogen-bond donors (Lipinski definition) is 2. The maximum absolute atomic E-state index is 14.6. The number of nitrogens with one attached hydrogen (secondary N) is 2. The zero-order valence-corrected chi connectivity index (χ0v) is 39.2. The average Bonchev–Trinajstić information content (AvgIpc) is 4.02. The average molecular weight is 893 g/mol. The number of hydrazine groups is 1. The van der Waals surface area contributed by atoms with E-state index in [9.17, 15) is 24.0 Å². The summed E-state index contributed by atoms with van der Waals surface area (Å²) in [6.07, 6.45) is 4.64. The van der Waals surface area contributed by atoms with Crippen LogP contribution in [0, 0.1) is 17.3 Å². The number of aromatic nitrogens is 5. The van der Waals surface area contributed by atoms with Crippen LogP contribution >= 0.6 is 0 Å². The van der Waals surface area contributed by atoms with Crippen molar-refractivity contribution in [1.82, 2.24) is 49.9 Å². The van der Waals surface area contributed by atoms with Gasteiger partial charge in [0, 0.05) is 87.4 Å². The molecule has 1 aromatic carbocycles. The van der Waals surface area contributed by atoms with Crippen LogP contribution < -0.4 is 10.7 Å². The largest absolute Gasteiger partial charge is 0.464 e. The summed E-state index contributed by atoms with van der Waals surface area (Å²) in [7, 11) is 5.06. The Hall–Kier alpha value is -5.94. The first-order chi connectivity index (χ1) is 31.0. The summed E-state index contributed by atoms with van der Waals surface area (Å²) >= 11 is 0. The smallest absolute Gasteiger partial charge is 0.324 e. The topological polar surface area (TPSA) is 186 Å². The van der Waals surface area contributed by atoms with Gasteiger partial charge in [0.2, 0.25) is 17.7 Å². The summed E-state index contributed by atoms with van der Waals surface area (Å²) in [4.78, 5) is 81.9. The van der Waals surface area contributed by atoms with E-state index in [0.717, 1.165) is 39.0 Å². The van der Waals surface area contributed by atoms with Gasteiger partial charge in [0.1, 0.15) is 18.1 Å². The molecule has 2 fully saturated rings. The lowest BCUT2D eigenvalue weighted by Gasteiger charge is -2.36. The number of pyridine rings is 1. The summed E-state index contributed by atoms with van der Waals surface area (Å²) in [5, 5.41) is 10.2. The first-order valence-corrected chi connectivity index (χ1v) is 22.7. The van der Waals surface area contributed by atoms with E-state index in [1.165, 1.54) is 16.0 Å². The van der Waals surface area contributed by atoms with E-state index < -0.39 is 47.2 Å². The van der Waals surface area contributed by atoms with Crippen LogP contribution in [0.1, 0.15) is 84.0 Å². The summed E-state index contributed by atoms with van der Waals surface area (Å²) in [5.74, 6) is -1.91. The summed E-state index contributed by atoms with van der Waals surface area (Å²) < 4.78 is 15.9. The van der Waals surface area contributed by atoms with Crippen LogP contribution in [-0.2, 0) is 59.9 Å². The van der Waals surface area contributed by atoms with Crippen molar-refractivity contribution in [2.24, 2.45) is 24.3 Å². The maximum Gasteiger partial charge on any atom is 0.324 e. The standard InChI is InChI=1S/C48H64N10O7/c1-11-39(59)56-22-19-31(26-56)45(61)54(8)41(28(3)4)44(60)50-36-24-38-51-43(55(9)53-38)30-17-18-37-33(23-30)34(42(57(37)12-2)32-15-13-20-49-40(32)29(5)64-10)25-48(6,7)27-65-47(63)35-16-14-21-58(52-35)46(36)62/h11,13,15,17-18,20,23,28-29,31,35-36,41,52H,1,12,14,16,19,21-22,24-27H2,2-10H3,(H,50,60)/t29-,31-,35-,36-,41-/m0/s1. The summed E-state index contributed by atoms with van der Waals surface area (Å²) in [5.41, 5.74) is 8.26. The molecule has 4 amide bonds. The molecule has 0 radical (unpaired) electrons. The van der Waals surface area contributed by atoms with E-state index in [0.29, 0.717) is 50.4 Å². The Labute approximate surface area is 380 Å². The highest BCUT2D eigenvalue weighted by atomic mass is 16.5. The van der Waals surface area contributed by atoms with Gasteiger partial charge in [-0.3, -0.25) is 34.0 Å². The molecule has 0 aliphatic carbocycles. The number of likely N-dealkylation sites (tertiary alicyclic amines) is 1. The Morgan fingerprint density at radius 2 is 1.91 bits per heavy atom. The highest BCUT2D eigenvalue weighted by molar-refractivity contribution is 5.96. The van der Waals surface area contributed by atoms with E-state index in [2.05, 4.69) is 60.9 Å². The summed E-state index contributed by atoms with van der Waals surface area (Å²) in [6.45, 7) is 17.2. The molecule has 7 rings (SSSR count). The number of carbonyl (C=O) groups is 5. The number of esters is 1. The van der Waals surface area contributed by atoms with Crippen LogP contribution in [0.5, 0.6) is 0 Å². The minimum absolute atomic E-state index is 0.0745. The number of fused-ring (bicyclic) bond motifs is 6. The molecule has 2 saturated heterocycles. The SMILES string of the molecule is C=CC(=O)N1CC[C@H](C(=O)N(C)[C@H](C(=O)N[C@H]2Cc3nc(n(C)n3)-c3ccc4c(c3)c(c(-c3cccnc3[C@H](C)OC)n4CC)CC(C)(C)COC(=O)[C@@H]3CCCN(N3)C2=O)C(C)C)C1. The third-order valence-electron chi connectivity index (χ3n) is 13.1. The highest BCUT2D eigenvalue weighted by Gasteiger charge is 2.40. The number of rotatable bonds is 10. The van der Waals surface area contributed by atoms with E-state index in [1.807, 2.05) is 32.9 Å². The van der Waals surface area contributed by atoms with Crippen molar-refractivity contribution >= 4 is 40.5 Å². The Bertz CT molecular complexity index is 2470. The number of hydrogen-bond acceptors (Lipinski definition) is 11. The molecule has 17 heteroatoms. The molecule has 65 heavy (non-hydrogen) atoms. The van der Waals surface area contributed by atoms with Crippen molar-refractivity contribution in [2.75, 3.05) is 40.4 Å². The first kappa shape index (κ1) is 47.0. The predicted octanol–water partition coefficient (Wildman–Crippen LogP) is 4.39. The second-order valence-corrected chi connectivity index (χ2v) is 18.7. The maximum atomic E-state index is 14.6. The zero-order valence-electron chi connectivity index (χ0n) is 39.2. The fraction of sp³-hybridized carbons (Fsp3) is 0.542. The molecule has 6 heterocycles. The fourth-order valence-corrected chi connectivity index (χ4v) is 9.69. The van der Waals surface area contributed by atoms with Crippen molar-refractivity contribution in [3.05, 3.63) is 66.3 Å². The van der Waals surface area contributed by atoms with Gasteiger partial charge in [-0.1, -0.05) is 34.3 Å². The number of nitrogens with zero attached hydrogens (tertiary/aromatic N) is 8. The normalized spacial score (nSPS) is 21.2. The number of aryl methyl sites for hydroxylation is 2. The first-order valence-electron chi connectivity index (χ1n) is 22.7. The lowest BCUT2D eigenvalue weighted by Crippen LogP contribution is -2.62. The second kappa shape index (κ2) is 19.3. The van der Waals surface area contributed by atoms with Gasteiger partial charge in [0.05, 0.1) is 30.0 Å². The molecule has 0 spiro atoms. The number of benzene rings is 1. The van der Waals surface area contributed by atoms with Gasteiger partial charge in [0.25, 0.3) is 5.91 Å². The van der Waals surface area contributed by atoms with Gasteiger partial charge in [0.15, 0.2) is 11.6 Å². The molecule has 3 aliphatic heterocycles. The van der Waals surface area contributed by atoms with Crippen LogP contribution in [0.25, 0.3) is 33.5 Å². The van der Waals surface area contributed by atoms with Gasteiger partial charge >= 0.3 is 5.97 Å². The van der Waals surface area contributed by atoms with Gasteiger partial charge in [-0.15, -0.1) is 0 Å². The van der Waals surface area contributed by atoms with Crippen molar-refractivity contribution in [2.45, 2.75) is 104 Å². The zero-order chi connectivity index (χ0) is 46.9. The van der Waals surface area contributed by atoms with Gasteiger partial charge in [-0.05, 0) is 87.4 Å². The van der Waals surface area contributed by atoms with E-state index >= 15 is 0 Å². The van der Waals surface area contributed by atoms with Crippen molar-refractivity contribution < 1.29 is 33.4 Å². The molecule has 5 atom stereocenters. The van der Waals surface area contributed by atoms with Gasteiger partial charge < -0.3 is 29.2 Å². The molecular formula is C48H64N10O7. The minimum atomic E-state index is -1.17. The number of carbonyl (C=O) groups excluding carboxylic acids is 5. The molecule has 348 valence electrons. The monoisotopic (exact) mass is 892 g/mol. The van der Waals surface area contributed by atoms with E-state index in [1.54, 1.807) is 37.0 Å². The second-order valence-electron chi connectivity index (χ2n) is 18.7. The summed E-state index contributed by atoms with van der Waals surface area (Å²) in [6, 6.07) is 7.32. The number of amides is 4. The molecule has 2 N–H and O–H groups in total. The third-order valence-corrected chi connectivity index (χ3v) is 13.1. The Morgan fingerprint density at radius 1 is 1.14 bits per heavy atom. The lowest BCUT2D eigenvalue weighted by atomic mass is 9.84. The van der Waals surface area contributed by atoms with Crippen LogP contribution in [0.4, 0.5) is 0 Å². The highest BCUT2D eigenvalue weighted by Crippen LogP contribution is 2.42. The van der Waals surface area contributed by atoms with Crippen LogP contribution in [0.2, 0.25) is 0 Å². The van der Waals surface area contributed by atoms with Gasteiger partial charge in [-0.2, -0.15) is 5.10 Å². The Balaban J connectivity index is 1.29. The molecule has 6 bridgehead atoms. The Kier molecular flexibility index (Phi) is 13.9. The van der Waals surface area contributed by atoms with Crippen LogP contribution in [-0.4, -0.2) is 127 Å². The van der Waals surface area contributed by atoms with Crippen LogP contribution in [0.3, 0.4) is 0 Å². The molecule has 3 aliphatic rings. The third kappa shape index (κ3) is 9.57. The van der Waals surface area contributed by atoms with Crippen molar-refractivity contribution in [3.63, 3.8) is 0 Å². The number of likely N-dealkylation sites (N-methyl/N-ethyl adjacent to an activating group) is 1. The number of cyclic esters (lactones) is 1. The predicted molar refractivity (Wildman–Crippen MR) is 244 cm³/mol. The Morgan fingerprint density at radius 3 is 2.62 bits per heavy atom. The van der Waals surface area contributed by atoms with E-state index in [4.69, 9.17) is 24.5 Å². The number of ether oxygens (including phenoxy) is 2. The van der Waals surface area contributed by atoms with Gasteiger partial charge in [-0.25, -0.2) is 15.1 Å². The van der Waals surface area contributed by atoms with Crippen LogP contribution in [0.15, 0.2) is 49.2 Å². The fourth-order valence-electron chi connectivity index (χ4n) is 9.69. The molecule has 0 unspecified atom stereocenters. The molecule has 4 aromatic rings. The quantitative estimate of drug-likeness (QED) is 0.170. The number of methoxy groups -OCH3 is 1.